The van der Waals surface area contributed by atoms with E-state index in [0.29, 0.717) is 29.9 Å². The minimum Gasteiger partial charge on any atom is -0.448 e. The fourth-order valence-corrected chi connectivity index (χ4v) is 3.31. The number of hydrogen-bond acceptors (Lipinski definition) is 10. The Morgan fingerprint density at radius 1 is 1.32 bits per heavy atom. The third-order valence-electron chi connectivity index (χ3n) is 4.88. The molecule has 2 rings (SSSR count). The summed E-state index contributed by atoms with van der Waals surface area (Å²) >= 11 is 0.778. The Kier molecular flexibility index (Phi) is 12.0. The third-order valence-corrected chi connectivity index (χ3v) is 5.47. The molecule has 38 heavy (non-hydrogen) atoms. The number of hydroxylamine groups is 1. The number of nitrogens with one attached hydrogen (secondary N) is 2. The molecule has 0 saturated heterocycles. The zero-order chi connectivity index (χ0) is 28.1. The number of hydrogen-bond donors (Lipinski definition) is 2. The number of allylic oxidation sites excluding steroid dienone is 5. The van der Waals surface area contributed by atoms with Crippen LogP contribution in [0.5, 0.6) is 0 Å². The molecule has 0 aliphatic carbocycles. The van der Waals surface area contributed by atoms with Gasteiger partial charge in [0.1, 0.15) is 18.3 Å². The van der Waals surface area contributed by atoms with Crippen molar-refractivity contribution in [3.05, 3.63) is 82.6 Å². The van der Waals surface area contributed by atoms with Crippen LogP contribution in [0.4, 0.5) is 29.3 Å². The predicted octanol–water partition coefficient (Wildman–Crippen LogP) is 5.16. The molecular weight excluding hydrogens is 531 g/mol. The van der Waals surface area contributed by atoms with Crippen molar-refractivity contribution in [3.8, 4) is 0 Å². The lowest BCUT2D eigenvalue weighted by Crippen LogP contribution is -2.44. The minimum atomic E-state index is -4.46. The number of nitrogens with zero attached hydrogens (tertiary/aromatic N) is 3. The quantitative estimate of drug-likeness (QED) is 0.0790. The van der Waals surface area contributed by atoms with Crippen LogP contribution in [0.25, 0.3) is 0 Å². The Morgan fingerprint density at radius 3 is 2.63 bits per heavy atom. The Balaban J connectivity index is 1.88. The molecular formula is C23H28F3N5O6S. The van der Waals surface area contributed by atoms with Crippen molar-refractivity contribution in [3.63, 3.8) is 0 Å². The van der Waals surface area contributed by atoms with E-state index < -0.39 is 23.4 Å². The van der Waals surface area contributed by atoms with E-state index in [0.717, 1.165) is 23.9 Å². The number of anilines is 2. The molecule has 0 aromatic heterocycles. The van der Waals surface area contributed by atoms with Crippen molar-refractivity contribution < 1.29 is 36.9 Å². The maximum absolute atomic E-state index is 13.3. The molecule has 1 aromatic rings. The average Bonchev–Trinajstić information content (AvgIpc) is 3.30. The normalized spacial score (nSPS) is 15.8. The predicted molar refractivity (Wildman–Crippen MR) is 137 cm³/mol. The van der Waals surface area contributed by atoms with E-state index in [4.69, 9.17) is 9.02 Å². The van der Waals surface area contributed by atoms with Crippen LogP contribution >= 0.6 is 12.2 Å². The van der Waals surface area contributed by atoms with Crippen molar-refractivity contribution in [1.29, 1.82) is 0 Å². The van der Waals surface area contributed by atoms with Crippen molar-refractivity contribution in [2.24, 2.45) is 0 Å². The summed E-state index contributed by atoms with van der Waals surface area (Å²) in [7, 11) is 1.65. The van der Waals surface area contributed by atoms with Crippen molar-refractivity contribution in [2.45, 2.75) is 32.0 Å². The second-order valence-corrected chi connectivity index (χ2v) is 8.59. The molecule has 1 amide bonds. The highest BCUT2D eigenvalue weighted by atomic mass is 32.2. The van der Waals surface area contributed by atoms with Crippen LogP contribution in [0.2, 0.25) is 0 Å². The molecule has 0 spiro atoms. The van der Waals surface area contributed by atoms with Gasteiger partial charge in [0.15, 0.2) is 0 Å². The van der Waals surface area contributed by atoms with Gasteiger partial charge in [0.05, 0.1) is 24.6 Å². The SMILES string of the molecule is C=C/C(C)=C\C=C\C1=CC(C(F)(F)F)NN1c1ccc(N(C)SONC(=O)OCCCCO[N+](=O)[O-])cc1. The lowest BCUT2D eigenvalue weighted by Gasteiger charge is -2.24. The number of hydrazine groups is 1. The molecule has 11 nitrogen and oxygen atoms in total. The smallest absolute Gasteiger partial charge is 0.432 e. The van der Waals surface area contributed by atoms with Gasteiger partial charge in [0.2, 0.25) is 0 Å². The molecule has 1 unspecified atom stereocenters. The zero-order valence-electron chi connectivity index (χ0n) is 20.6. The topological polar surface area (TPSA) is 118 Å². The second kappa shape index (κ2) is 14.9. The van der Waals surface area contributed by atoms with Gasteiger partial charge in [-0.25, -0.2) is 10.2 Å². The Hall–Kier alpha value is -3.69. The number of benzene rings is 1. The minimum absolute atomic E-state index is 0.0216. The largest absolute Gasteiger partial charge is 0.448 e. The van der Waals surface area contributed by atoms with Crippen molar-refractivity contribution >= 4 is 29.7 Å². The van der Waals surface area contributed by atoms with Crippen LogP contribution in [0.3, 0.4) is 0 Å². The molecule has 1 atom stereocenters. The summed E-state index contributed by atoms with van der Waals surface area (Å²) < 4.78 is 51.5. The summed E-state index contributed by atoms with van der Waals surface area (Å²) in [5.74, 6) is 0. The summed E-state index contributed by atoms with van der Waals surface area (Å²) in [5.41, 5.74) is 6.84. The first-order chi connectivity index (χ1) is 18.0. The van der Waals surface area contributed by atoms with Crippen LogP contribution in [0.1, 0.15) is 19.8 Å². The highest BCUT2D eigenvalue weighted by Crippen LogP contribution is 2.32. The summed E-state index contributed by atoms with van der Waals surface area (Å²) in [6.07, 6.45) is 3.09. The van der Waals surface area contributed by atoms with Crippen LogP contribution < -0.4 is 20.2 Å². The molecule has 1 aliphatic rings. The second-order valence-electron chi connectivity index (χ2n) is 7.72. The first-order valence-electron chi connectivity index (χ1n) is 11.2. The molecule has 0 radical (unpaired) electrons. The van der Waals surface area contributed by atoms with Gasteiger partial charge in [0, 0.05) is 12.7 Å². The number of rotatable bonds is 14. The number of amides is 1. The van der Waals surface area contributed by atoms with Gasteiger partial charge in [0.25, 0.3) is 5.09 Å². The maximum atomic E-state index is 13.3. The average molecular weight is 560 g/mol. The van der Waals surface area contributed by atoms with Crippen molar-refractivity contribution in [1.82, 2.24) is 10.9 Å². The van der Waals surface area contributed by atoms with Gasteiger partial charge < -0.3 is 9.57 Å². The third kappa shape index (κ3) is 10.4. The van der Waals surface area contributed by atoms with Gasteiger partial charge in [-0.3, -0.25) is 9.31 Å². The number of carbonyl (C=O) groups is 1. The summed E-state index contributed by atoms with van der Waals surface area (Å²) in [6.45, 7) is 5.40. The van der Waals surface area contributed by atoms with E-state index in [1.807, 2.05) is 6.92 Å². The molecule has 0 bridgehead atoms. The highest BCUT2D eigenvalue weighted by Gasteiger charge is 2.43. The number of carbonyl (C=O) groups excluding carboxylic acids is 1. The van der Waals surface area contributed by atoms with Gasteiger partial charge in [-0.2, -0.15) is 22.9 Å². The zero-order valence-corrected chi connectivity index (χ0v) is 21.5. The Labute approximate surface area is 221 Å². The Bertz CT molecular complexity index is 1050. The Morgan fingerprint density at radius 2 is 2.00 bits per heavy atom. The first-order valence-corrected chi connectivity index (χ1v) is 11.9. The van der Waals surface area contributed by atoms with E-state index in [1.165, 1.54) is 5.01 Å². The molecule has 0 fully saturated rings. The molecule has 2 N–H and O–H groups in total. The van der Waals surface area contributed by atoms with E-state index in [1.54, 1.807) is 59.9 Å². The number of halogens is 3. The van der Waals surface area contributed by atoms with E-state index in [9.17, 15) is 28.1 Å². The van der Waals surface area contributed by atoms with Crippen LogP contribution in [-0.2, 0) is 13.9 Å². The van der Waals surface area contributed by atoms with Crippen LogP contribution in [0.15, 0.2) is 72.5 Å². The van der Waals surface area contributed by atoms with Gasteiger partial charge in [-0.05, 0) is 56.2 Å². The highest BCUT2D eigenvalue weighted by molar-refractivity contribution is 7.96. The molecule has 1 aromatic carbocycles. The summed E-state index contributed by atoms with van der Waals surface area (Å²) in [4.78, 5) is 25.8. The monoisotopic (exact) mass is 559 g/mol. The fraction of sp³-hybridized carbons (Fsp3) is 0.348. The lowest BCUT2D eigenvalue weighted by atomic mass is 10.2. The van der Waals surface area contributed by atoms with Gasteiger partial charge in [-0.1, -0.05) is 30.4 Å². The summed E-state index contributed by atoms with van der Waals surface area (Å²) in [6, 6.07) is 4.77. The van der Waals surface area contributed by atoms with E-state index in [-0.39, 0.29) is 13.2 Å². The number of ether oxygens (including phenoxy) is 1. The maximum Gasteiger partial charge on any atom is 0.432 e. The van der Waals surface area contributed by atoms with E-state index >= 15 is 0 Å². The molecule has 208 valence electrons. The first kappa shape index (κ1) is 30.5. The standard InChI is InChI=1S/C23H28F3N5O6S/c1-4-17(2)8-7-9-20-16-21(23(24,25)26)27-30(20)19-12-10-18(11-13-19)29(3)38-37-28-22(32)35-14-5-6-15-36-31(33)34/h4,7-13,16,21,27H,1,5-6,14-15H2,2-3H3,(H,28,32)/b9-7+,17-8-. The van der Waals surface area contributed by atoms with Crippen LogP contribution in [0, 0.1) is 10.1 Å². The van der Waals surface area contributed by atoms with Gasteiger partial charge >= 0.3 is 12.3 Å². The van der Waals surface area contributed by atoms with E-state index in [2.05, 4.69) is 22.3 Å². The molecule has 1 aliphatic heterocycles. The summed E-state index contributed by atoms with van der Waals surface area (Å²) in [5, 5.41) is 10.5. The lowest BCUT2D eigenvalue weighted by molar-refractivity contribution is -0.757. The molecule has 15 heteroatoms. The number of unbranched alkanes of at least 4 members (excludes halogenated alkanes) is 1. The van der Waals surface area contributed by atoms with Crippen LogP contribution in [-0.4, -0.2) is 43.7 Å². The van der Waals surface area contributed by atoms with Crippen molar-refractivity contribution in [2.75, 3.05) is 29.6 Å². The van der Waals surface area contributed by atoms with Gasteiger partial charge in [-0.15, -0.1) is 10.1 Å². The fourth-order valence-electron chi connectivity index (χ4n) is 2.88. The number of alkyl halides is 3. The molecule has 1 heterocycles. The molecule has 0 saturated carbocycles.